The molecular weight excluding hydrogens is 492 g/mol. The number of rotatable bonds is 5. The molecule has 2 aromatic carbocycles. The zero-order chi connectivity index (χ0) is 26.8. The smallest absolute Gasteiger partial charge is 0.444 e. The van der Waals surface area contributed by atoms with Crippen LogP contribution in [0.2, 0.25) is 0 Å². The lowest BCUT2D eigenvalue weighted by Gasteiger charge is -2.40. The molecule has 2 amide bonds. The molecule has 3 aliphatic rings. The fourth-order valence-corrected chi connectivity index (χ4v) is 6.56. The number of hydrogen-bond donors (Lipinski definition) is 1. The Bertz CT molecular complexity index is 1390. The standard InChI is InChI=1S/C31H33N4O4/c1-38-18-27-25-14-15-35(29(25)24-8-4-5-9-26(24)34-27)31(37)23-7-3-2-6-22(23)16-33-30(36)21-12-10-20(11-13-21)28-17-32-19-39-28/h4-5,8-13,17,19,22-23,25,27,29,34H,2-3,6-7,14-15,18H2,1H3/q+1/t22-,23-,25+,27-,29-/m0/s1. The highest BCUT2D eigenvalue weighted by Crippen LogP contribution is 2.47. The topological polar surface area (TPSA) is 89.0 Å². The summed E-state index contributed by atoms with van der Waals surface area (Å²) in [6, 6.07) is 18.7. The third-order valence-corrected chi connectivity index (χ3v) is 8.47. The molecule has 3 heterocycles. The molecule has 1 aromatic heterocycles. The maximum atomic E-state index is 14.1. The van der Waals surface area contributed by atoms with Crippen LogP contribution in [0.15, 0.2) is 65.5 Å². The van der Waals surface area contributed by atoms with Crippen LogP contribution < -0.4 is 5.32 Å². The van der Waals surface area contributed by atoms with Gasteiger partial charge in [0, 0.05) is 35.7 Å². The third kappa shape index (κ3) is 4.95. The number of hydrogen-bond acceptors (Lipinski definition) is 6. The fourth-order valence-electron chi connectivity index (χ4n) is 6.56. The highest BCUT2D eigenvalue weighted by atomic mass is 16.5. The number of carbonyl (C=O) groups is 2. The van der Waals surface area contributed by atoms with Crippen LogP contribution in [0.25, 0.3) is 16.2 Å². The van der Waals surface area contributed by atoms with Crippen molar-refractivity contribution in [1.29, 1.82) is 0 Å². The first-order valence-corrected chi connectivity index (χ1v) is 13.8. The summed E-state index contributed by atoms with van der Waals surface area (Å²) in [6.45, 7) is 1.33. The minimum atomic E-state index is -0.355. The van der Waals surface area contributed by atoms with Crippen molar-refractivity contribution in [2.75, 3.05) is 25.6 Å². The number of nitrogens with zero attached hydrogens (tertiary/aromatic N) is 3. The second kappa shape index (κ2) is 11.0. The van der Waals surface area contributed by atoms with Crippen LogP contribution in [0.4, 0.5) is 5.69 Å². The highest BCUT2D eigenvalue weighted by molar-refractivity contribution is 6.02. The number of benzene rings is 2. The molecule has 8 heteroatoms. The monoisotopic (exact) mass is 525 g/mol. The lowest BCUT2D eigenvalue weighted by atomic mass is 9.78. The number of carbonyl (C=O) groups excluding carboxylic acids is 2. The van der Waals surface area contributed by atoms with E-state index in [-0.39, 0.29) is 35.7 Å². The molecule has 39 heavy (non-hydrogen) atoms. The van der Waals surface area contributed by atoms with Gasteiger partial charge in [-0.25, -0.2) is 4.98 Å². The van der Waals surface area contributed by atoms with Crippen LogP contribution in [0, 0.1) is 23.8 Å². The van der Waals surface area contributed by atoms with Crippen molar-refractivity contribution in [3.05, 3.63) is 77.1 Å². The first kappa shape index (κ1) is 25.3. The number of nitrogens with one attached hydrogen (secondary N) is 1. The Morgan fingerprint density at radius 3 is 2.74 bits per heavy atom. The molecule has 200 valence electrons. The molecule has 6 rings (SSSR count). The molecule has 1 saturated heterocycles. The number of amides is 2. The van der Waals surface area contributed by atoms with E-state index in [4.69, 9.17) is 9.15 Å². The average molecular weight is 526 g/mol. The van der Waals surface area contributed by atoms with Gasteiger partial charge in [0.05, 0.1) is 30.8 Å². The molecule has 1 N–H and O–H groups in total. The zero-order valence-electron chi connectivity index (χ0n) is 22.1. The Morgan fingerprint density at radius 2 is 1.95 bits per heavy atom. The number of oxazole rings is 1. The number of ether oxygens (including phenoxy) is 1. The van der Waals surface area contributed by atoms with Crippen molar-refractivity contribution in [2.45, 2.75) is 44.2 Å². The average Bonchev–Trinajstić information content (AvgIpc) is 3.67. The van der Waals surface area contributed by atoms with Gasteiger partial charge in [0.15, 0.2) is 12.2 Å². The Balaban J connectivity index is 1.20. The van der Waals surface area contributed by atoms with Crippen molar-refractivity contribution >= 4 is 17.5 Å². The van der Waals surface area contributed by atoms with Crippen LogP contribution in [0.3, 0.4) is 0 Å². The third-order valence-electron chi connectivity index (χ3n) is 8.47. The Labute approximate surface area is 228 Å². The minimum Gasteiger partial charge on any atom is -0.444 e. The summed E-state index contributed by atoms with van der Waals surface area (Å²) in [6.07, 6.45) is 7.55. The number of para-hydroxylation sites is 1. The molecule has 0 bridgehead atoms. The molecule has 2 aliphatic heterocycles. The molecule has 0 unspecified atom stereocenters. The van der Waals surface area contributed by atoms with Gasteiger partial charge in [-0.05, 0) is 43.0 Å². The molecule has 1 saturated carbocycles. The summed E-state index contributed by atoms with van der Waals surface area (Å²) in [5, 5.41) is 3.64. The molecule has 0 spiro atoms. The van der Waals surface area contributed by atoms with Crippen LogP contribution in [0.1, 0.15) is 54.1 Å². The molecule has 1 aliphatic carbocycles. The summed E-state index contributed by atoms with van der Waals surface area (Å²) in [4.78, 5) is 37.2. The second-order valence-electron chi connectivity index (χ2n) is 10.7. The summed E-state index contributed by atoms with van der Waals surface area (Å²) in [5.41, 5.74) is 3.57. The van der Waals surface area contributed by atoms with Gasteiger partial charge in [-0.2, -0.15) is 4.79 Å². The van der Waals surface area contributed by atoms with Gasteiger partial charge in [0.1, 0.15) is 11.5 Å². The molecule has 2 fully saturated rings. The second-order valence-corrected chi connectivity index (χ2v) is 10.7. The molecule has 5 atom stereocenters. The quantitative estimate of drug-likeness (QED) is 0.463. The minimum absolute atomic E-state index is 0.0270. The van der Waals surface area contributed by atoms with E-state index in [1.54, 1.807) is 25.4 Å². The summed E-state index contributed by atoms with van der Waals surface area (Å²) in [7, 11) is 1.73. The lowest BCUT2D eigenvalue weighted by Crippen LogP contribution is -2.45. The number of fused-ring (bicyclic) bond motifs is 3. The van der Waals surface area contributed by atoms with E-state index in [1.807, 2.05) is 24.3 Å². The Kier molecular flexibility index (Phi) is 7.16. The number of likely N-dealkylation sites (tertiary alicyclic amines) is 1. The molecule has 0 radical (unpaired) electrons. The normalized spacial score (nSPS) is 25.6. The summed E-state index contributed by atoms with van der Waals surface area (Å²) < 4.78 is 10.8. The number of methoxy groups -OCH3 is 1. The van der Waals surface area contributed by atoms with Gasteiger partial charge in [-0.15, -0.1) is 0 Å². The predicted octanol–water partition coefficient (Wildman–Crippen LogP) is 5.65. The maximum Gasteiger partial charge on any atom is 0.547 e. The van der Waals surface area contributed by atoms with E-state index >= 15 is 0 Å². The first-order valence-electron chi connectivity index (χ1n) is 13.8. The SMILES string of the molecule is COC[C@@H]1Nc2ccccc2[C@H]2[C@@H]1CCN2C(=O)[C@H]1CCCC[C@H]1C#[N+]C(=O)c1ccc(-c2cnco2)cc1. The van der Waals surface area contributed by atoms with Gasteiger partial charge >= 0.3 is 5.91 Å². The van der Waals surface area contributed by atoms with Gasteiger partial charge in [0.25, 0.3) is 6.07 Å². The molecule has 8 nitrogen and oxygen atoms in total. The van der Waals surface area contributed by atoms with Crippen LogP contribution >= 0.6 is 0 Å². The Hall–Kier alpha value is -3.96. The summed E-state index contributed by atoms with van der Waals surface area (Å²) >= 11 is 0. The van der Waals surface area contributed by atoms with E-state index < -0.39 is 0 Å². The zero-order valence-corrected chi connectivity index (χ0v) is 22.1. The number of anilines is 1. The van der Waals surface area contributed by atoms with E-state index in [2.05, 4.69) is 38.2 Å². The number of aromatic nitrogens is 1. The Morgan fingerprint density at radius 1 is 1.13 bits per heavy atom. The van der Waals surface area contributed by atoms with Gasteiger partial charge in [-0.1, -0.05) is 43.2 Å². The van der Waals surface area contributed by atoms with Crippen LogP contribution in [0.5, 0.6) is 0 Å². The largest absolute Gasteiger partial charge is 0.547 e. The highest BCUT2D eigenvalue weighted by Gasteiger charge is 2.48. The van der Waals surface area contributed by atoms with Crippen molar-refractivity contribution in [3.8, 4) is 17.4 Å². The van der Waals surface area contributed by atoms with Crippen molar-refractivity contribution in [2.24, 2.45) is 17.8 Å². The van der Waals surface area contributed by atoms with E-state index in [0.29, 0.717) is 23.8 Å². The van der Waals surface area contributed by atoms with Crippen LogP contribution in [-0.2, 0) is 9.53 Å². The molecular formula is C31H33N4O4+. The van der Waals surface area contributed by atoms with E-state index in [1.165, 1.54) is 12.0 Å². The van der Waals surface area contributed by atoms with Gasteiger partial charge < -0.3 is 19.4 Å². The lowest BCUT2D eigenvalue weighted by molar-refractivity contribution is -0.139. The van der Waals surface area contributed by atoms with Gasteiger partial charge in [0.2, 0.25) is 5.91 Å². The predicted molar refractivity (Wildman–Crippen MR) is 147 cm³/mol. The maximum absolute atomic E-state index is 14.1. The fraction of sp³-hybridized carbons (Fsp3) is 0.419. The first-order chi connectivity index (χ1) is 19.1. The van der Waals surface area contributed by atoms with Crippen LogP contribution in [-0.4, -0.2) is 48.0 Å². The van der Waals surface area contributed by atoms with E-state index in [0.717, 1.165) is 49.9 Å². The van der Waals surface area contributed by atoms with Crippen molar-refractivity contribution in [3.63, 3.8) is 0 Å². The summed E-state index contributed by atoms with van der Waals surface area (Å²) in [5.74, 6) is 0.352. The van der Waals surface area contributed by atoms with E-state index in [9.17, 15) is 9.59 Å². The van der Waals surface area contributed by atoms with Crippen molar-refractivity contribution < 1.29 is 18.7 Å². The van der Waals surface area contributed by atoms with Gasteiger partial charge in [-0.3, -0.25) is 4.79 Å². The van der Waals surface area contributed by atoms with Crippen molar-refractivity contribution in [1.82, 2.24) is 9.88 Å². The molecule has 3 aromatic rings.